The zero-order valence-electron chi connectivity index (χ0n) is 9.54. The Balaban J connectivity index is 2.86. The Kier molecular flexibility index (Phi) is 4.11. The number of nitrogens with two attached hydrogens (primary N) is 1. The summed E-state index contributed by atoms with van der Waals surface area (Å²) in [6.45, 7) is 1.68. The van der Waals surface area contributed by atoms with Crippen molar-refractivity contribution in [1.29, 1.82) is 0 Å². The number of carbonyl (C=O) groups excluding carboxylic acids is 1. The number of aryl methyl sites for hydroxylation is 1. The number of carbonyl (C=O) groups is 1. The van der Waals surface area contributed by atoms with Gasteiger partial charge in [0, 0.05) is 18.2 Å². The topological polar surface area (TPSA) is 108 Å². The van der Waals surface area contributed by atoms with E-state index in [1.54, 1.807) is 6.92 Å². The number of pyridine rings is 1. The molecule has 0 bridgehead atoms. The minimum Gasteiger partial charge on any atom is -0.468 e. The van der Waals surface area contributed by atoms with Crippen molar-refractivity contribution in [2.24, 2.45) is 5.73 Å². The lowest BCUT2D eigenvalue weighted by atomic mass is 10.1. The van der Waals surface area contributed by atoms with Crippen LogP contribution in [0.3, 0.4) is 0 Å². The van der Waals surface area contributed by atoms with Gasteiger partial charge >= 0.3 is 5.97 Å². The van der Waals surface area contributed by atoms with Crippen LogP contribution in [-0.4, -0.2) is 29.0 Å². The Bertz CT molecular complexity index is 447. The number of aromatic nitrogens is 1. The van der Waals surface area contributed by atoms with Crippen LogP contribution in [0.15, 0.2) is 12.3 Å². The number of hydrogen-bond acceptors (Lipinski definition) is 6. The first kappa shape index (κ1) is 13.0. The summed E-state index contributed by atoms with van der Waals surface area (Å²) in [5, 5.41) is 10.5. The van der Waals surface area contributed by atoms with Gasteiger partial charge in [0.2, 0.25) is 0 Å². The van der Waals surface area contributed by atoms with Gasteiger partial charge in [-0.3, -0.25) is 19.9 Å². The van der Waals surface area contributed by atoms with Crippen LogP contribution >= 0.6 is 0 Å². The Hall–Kier alpha value is -2.02. The van der Waals surface area contributed by atoms with Crippen molar-refractivity contribution < 1.29 is 14.5 Å². The molecule has 0 unspecified atom stereocenters. The fourth-order valence-corrected chi connectivity index (χ4v) is 1.34. The zero-order valence-corrected chi connectivity index (χ0v) is 9.54. The largest absolute Gasteiger partial charge is 0.468 e. The maximum absolute atomic E-state index is 11.1. The molecule has 0 saturated heterocycles. The number of rotatable bonds is 4. The maximum Gasteiger partial charge on any atom is 0.323 e. The van der Waals surface area contributed by atoms with Crippen molar-refractivity contribution in [2.75, 3.05) is 7.11 Å². The molecule has 92 valence electrons. The van der Waals surface area contributed by atoms with E-state index in [0.717, 1.165) is 6.20 Å². The fraction of sp³-hybridized carbons (Fsp3) is 0.400. The molecule has 0 spiro atoms. The van der Waals surface area contributed by atoms with Crippen molar-refractivity contribution in [2.45, 2.75) is 19.4 Å². The molecule has 7 heteroatoms. The van der Waals surface area contributed by atoms with Gasteiger partial charge in [-0.05, 0) is 12.5 Å². The van der Waals surface area contributed by atoms with Crippen LogP contribution in [-0.2, 0) is 16.0 Å². The molecule has 0 aromatic carbocycles. The average molecular weight is 239 g/mol. The van der Waals surface area contributed by atoms with E-state index in [4.69, 9.17) is 5.73 Å². The molecule has 0 radical (unpaired) electrons. The lowest BCUT2D eigenvalue weighted by Gasteiger charge is -2.10. The monoisotopic (exact) mass is 239 g/mol. The first-order valence-electron chi connectivity index (χ1n) is 4.89. The van der Waals surface area contributed by atoms with E-state index in [2.05, 4.69) is 9.72 Å². The van der Waals surface area contributed by atoms with Crippen LogP contribution in [0.4, 0.5) is 5.69 Å². The third kappa shape index (κ3) is 3.22. The number of nitro groups is 1. The van der Waals surface area contributed by atoms with E-state index in [0.29, 0.717) is 11.3 Å². The van der Waals surface area contributed by atoms with E-state index in [-0.39, 0.29) is 12.1 Å². The van der Waals surface area contributed by atoms with Crippen molar-refractivity contribution in [3.63, 3.8) is 0 Å². The summed E-state index contributed by atoms with van der Waals surface area (Å²) >= 11 is 0. The quantitative estimate of drug-likeness (QED) is 0.461. The van der Waals surface area contributed by atoms with E-state index in [9.17, 15) is 14.9 Å². The second-order valence-corrected chi connectivity index (χ2v) is 3.55. The molecule has 1 rings (SSSR count). The van der Waals surface area contributed by atoms with Gasteiger partial charge < -0.3 is 10.5 Å². The predicted molar refractivity (Wildman–Crippen MR) is 59.3 cm³/mol. The first-order valence-corrected chi connectivity index (χ1v) is 4.89. The van der Waals surface area contributed by atoms with Crippen LogP contribution < -0.4 is 5.73 Å². The summed E-state index contributed by atoms with van der Waals surface area (Å²) in [6.07, 6.45) is 1.34. The van der Waals surface area contributed by atoms with Gasteiger partial charge in [-0.15, -0.1) is 0 Å². The third-order valence-electron chi connectivity index (χ3n) is 2.30. The van der Waals surface area contributed by atoms with Crippen molar-refractivity contribution in [3.05, 3.63) is 33.6 Å². The highest BCUT2D eigenvalue weighted by molar-refractivity contribution is 5.75. The maximum atomic E-state index is 11.1. The molecule has 0 saturated carbocycles. The van der Waals surface area contributed by atoms with Gasteiger partial charge in [0.1, 0.15) is 12.2 Å². The van der Waals surface area contributed by atoms with Crippen molar-refractivity contribution in [1.82, 2.24) is 4.98 Å². The van der Waals surface area contributed by atoms with Gasteiger partial charge in [0.25, 0.3) is 5.69 Å². The Morgan fingerprint density at radius 3 is 2.82 bits per heavy atom. The first-order chi connectivity index (χ1) is 7.95. The average Bonchev–Trinajstić information content (AvgIpc) is 2.30. The van der Waals surface area contributed by atoms with Gasteiger partial charge in [0.05, 0.1) is 12.0 Å². The number of esters is 1. The number of methoxy groups -OCH3 is 1. The van der Waals surface area contributed by atoms with Crippen LogP contribution in [0, 0.1) is 17.0 Å². The summed E-state index contributed by atoms with van der Waals surface area (Å²) in [5.74, 6) is -0.537. The summed E-state index contributed by atoms with van der Waals surface area (Å²) in [5.41, 5.74) is 6.67. The standard InChI is InChI=1S/C10H13N3O4/c1-6-3-7(13(15)16)5-12-9(6)4-8(11)10(14)17-2/h3,5,8H,4,11H2,1-2H3/t8-/m1/s1. The molecule has 0 amide bonds. The molecule has 2 N–H and O–H groups in total. The van der Waals surface area contributed by atoms with Crippen LogP contribution in [0.25, 0.3) is 0 Å². The van der Waals surface area contributed by atoms with E-state index in [1.807, 2.05) is 0 Å². The molecule has 1 atom stereocenters. The molecule has 1 heterocycles. The second-order valence-electron chi connectivity index (χ2n) is 3.55. The van der Waals surface area contributed by atoms with E-state index < -0.39 is 16.9 Å². The second kappa shape index (κ2) is 5.35. The Morgan fingerprint density at radius 2 is 2.35 bits per heavy atom. The van der Waals surface area contributed by atoms with Gasteiger partial charge in [-0.1, -0.05) is 0 Å². The third-order valence-corrected chi connectivity index (χ3v) is 2.30. The molecule has 0 aliphatic carbocycles. The number of ether oxygens (including phenoxy) is 1. The summed E-state index contributed by atoms with van der Waals surface area (Å²) < 4.78 is 4.49. The Labute approximate surface area is 97.7 Å². The SMILES string of the molecule is COC(=O)[C@H](N)Cc1ncc([N+](=O)[O-])cc1C. The highest BCUT2D eigenvalue weighted by atomic mass is 16.6. The van der Waals surface area contributed by atoms with Gasteiger partial charge in [-0.2, -0.15) is 0 Å². The molecule has 0 aliphatic rings. The van der Waals surface area contributed by atoms with Gasteiger partial charge in [0.15, 0.2) is 0 Å². The van der Waals surface area contributed by atoms with Crippen molar-refractivity contribution in [3.8, 4) is 0 Å². The van der Waals surface area contributed by atoms with Crippen molar-refractivity contribution >= 4 is 11.7 Å². The molecule has 0 fully saturated rings. The van der Waals surface area contributed by atoms with Crippen LogP contribution in [0.2, 0.25) is 0 Å². The molecule has 1 aromatic heterocycles. The van der Waals surface area contributed by atoms with E-state index >= 15 is 0 Å². The fourth-order valence-electron chi connectivity index (χ4n) is 1.34. The summed E-state index contributed by atoms with van der Waals surface area (Å²) in [4.78, 5) is 25.0. The zero-order chi connectivity index (χ0) is 13.0. The molecule has 0 aliphatic heterocycles. The number of nitrogens with zero attached hydrogens (tertiary/aromatic N) is 2. The highest BCUT2D eigenvalue weighted by Gasteiger charge is 2.17. The molecule has 17 heavy (non-hydrogen) atoms. The molecule has 1 aromatic rings. The molecular weight excluding hydrogens is 226 g/mol. The lowest BCUT2D eigenvalue weighted by molar-refractivity contribution is -0.385. The Morgan fingerprint density at radius 1 is 1.71 bits per heavy atom. The minimum absolute atomic E-state index is 0.0853. The number of hydrogen-bond donors (Lipinski definition) is 1. The molecule has 7 nitrogen and oxygen atoms in total. The van der Waals surface area contributed by atoms with Crippen LogP contribution in [0.1, 0.15) is 11.3 Å². The predicted octanol–water partition coefficient (Wildman–Crippen LogP) is 0.341. The van der Waals surface area contributed by atoms with Crippen LogP contribution in [0.5, 0.6) is 0 Å². The smallest absolute Gasteiger partial charge is 0.323 e. The minimum atomic E-state index is -0.812. The normalized spacial score (nSPS) is 11.9. The van der Waals surface area contributed by atoms with Gasteiger partial charge in [-0.25, -0.2) is 0 Å². The molecular formula is C10H13N3O4. The van der Waals surface area contributed by atoms with E-state index in [1.165, 1.54) is 13.2 Å². The summed E-state index contributed by atoms with van der Waals surface area (Å²) in [7, 11) is 1.25. The highest BCUT2D eigenvalue weighted by Crippen LogP contribution is 2.15. The lowest BCUT2D eigenvalue weighted by Crippen LogP contribution is -2.34. The summed E-state index contributed by atoms with van der Waals surface area (Å²) in [6, 6.07) is 0.583.